The lowest BCUT2D eigenvalue weighted by Crippen LogP contribution is -2.18. The molecule has 0 saturated carbocycles. The van der Waals surface area contributed by atoms with Crippen molar-refractivity contribution in [2.75, 3.05) is 0 Å². The summed E-state index contributed by atoms with van der Waals surface area (Å²) in [5, 5.41) is 0. The van der Waals surface area contributed by atoms with E-state index in [1.807, 2.05) is 6.20 Å². The molecule has 0 bridgehead atoms. The van der Waals surface area contributed by atoms with Gasteiger partial charge in [0.15, 0.2) is 0 Å². The SMILES string of the molecule is Cc1ccc(-c2nccc3c2C(C)(C)CC3(C)C)cc1. The van der Waals surface area contributed by atoms with E-state index in [0.717, 1.165) is 5.69 Å². The molecular weight excluding hydrogens is 242 g/mol. The predicted octanol–water partition coefficient (Wildman–Crippen LogP) is 5.02. The minimum absolute atomic E-state index is 0.188. The molecule has 0 radical (unpaired) electrons. The third-order valence-corrected chi connectivity index (χ3v) is 4.57. The number of rotatable bonds is 1. The molecule has 1 heterocycles. The average molecular weight is 265 g/mol. The summed E-state index contributed by atoms with van der Waals surface area (Å²) in [7, 11) is 0. The second-order valence-corrected chi connectivity index (χ2v) is 7.39. The predicted molar refractivity (Wildman–Crippen MR) is 85.1 cm³/mol. The van der Waals surface area contributed by atoms with Crippen LogP contribution < -0.4 is 0 Å². The van der Waals surface area contributed by atoms with E-state index >= 15 is 0 Å². The van der Waals surface area contributed by atoms with Gasteiger partial charge in [0, 0.05) is 11.8 Å². The fourth-order valence-electron chi connectivity index (χ4n) is 3.93. The van der Waals surface area contributed by atoms with Crippen LogP contribution in [0.4, 0.5) is 0 Å². The zero-order valence-electron chi connectivity index (χ0n) is 13.1. The number of aromatic nitrogens is 1. The highest BCUT2D eigenvalue weighted by molar-refractivity contribution is 5.68. The van der Waals surface area contributed by atoms with Crippen molar-refractivity contribution in [3.05, 3.63) is 53.2 Å². The van der Waals surface area contributed by atoms with Gasteiger partial charge in [-0.1, -0.05) is 57.5 Å². The monoisotopic (exact) mass is 265 g/mol. The highest BCUT2D eigenvalue weighted by Gasteiger charge is 2.43. The third-order valence-electron chi connectivity index (χ3n) is 4.57. The van der Waals surface area contributed by atoms with Crippen molar-refractivity contribution < 1.29 is 0 Å². The minimum atomic E-state index is 0.188. The summed E-state index contributed by atoms with van der Waals surface area (Å²) in [5.74, 6) is 0. The van der Waals surface area contributed by atoms with Gasteiger partial charge in [0.05, 0.1) is 5.69 Å². The summed E-state index contributed by atoms with van der Waals surface area (Å²) in [4.78, 5) is 4.71. The molecule has 2 aromatic rings. The van der Waals surface area contributed by atoms with Crippen molar-refractivity contribution in [1.29, 1.82) is 0 Å². The Balaban J connectivity index is 2.25. The average Bonchev–Trinajstić information content (AvgIpc) is 2.56. The van der Waals surface area contributed by atoms with Crippen LogP contribution in [0.2, 0.25) is 0 Å². The molecule has 0 spiro atoms. The molecule has 1 heteroatoms. The van der Waals surface area contributed by atoms with Gasteiger partial charge in [-0.2, -0.15) is 0 Å². The summed E-state index contributed by atoms with van der Waals surface area (Å²) < 4.78 is 0. The van der Waals surface area contributed by atoms with Crippen LogP contribution in [0.3, 0.4) is 0 Å². The Morgan fingerprint density at radius 2 is 1.55 bits per heavy atom. The summed E-state index contributed by atoms with van der Waals surface area (Å²) in [6.07, 6.45) is 3.15. The maximum atomic E-state index is 4.71. The maximum Gasteiger partial charge on any atom is 0.0742 e. The molecule has 0 amide bonds. The van der Waals surface area contributed by atoms with Gasteiger partial charge in [0.25, 0.3) is 0 Å². The lowest BCUT2D eigenvalue weighted by Gasteiger charge is -2.23. The number of hydrogen-bond acceptors (Lipinski definition) is 1. The topological polar surface area (TPSA) is 12.9 Å². The number of pyridine rings is 1. The molecule has 1 aliphatic rings. The van der Waals surface area contributed by atoms with E-state index in [4.69, 9.17) is 4.98 Å². The first-order valence-corrected chi connectivity index (χ1v) is 7.38. The van der Waals surface area contributed by atoms with Crippen molar-refractivity contribution in [3.63, 3.8) is 0 Å². The van der Waals surface area contributed by atoms with Crippen LogP contribution in [0.1, 0.15) is 50.8 Å². The van der Waals surface area contributed by atoms with Crippen molar-refractivity contribution in [3.8, 4) is 11.3 Å². The van der Waals surface area contributed by atoms with Crippen molar-refractivity contribution in [2.45, 2.75) is 51.9 Å². The Morgan fingerprint density at radius 3 is 2.20 bits per heavy atom. The summed E-state index contributed by atoms with van der Waals surface area (Å²) >= 11 is 0. The number of aryl methyl sites for hydroxylation is 1. The number of hydrogen-bond donors (Lipinski definition) is 0. The van der Waals surface area contributed by atoms with Gasteiger partial charge in [-0.05, 0) is 41.4 Å². The highest BCUT2D eigenvalue weighted by Crippen LogP contribution is 2.51. The maximum absolute atomic E-state index is 4.71. The molecule has 104 valence electrons. The standard InChI is InChI=1S/C19H23N/c1-13-6-8-14(9-7-13)17-16-15(10-11-20-17)18(2,3)12-19(16,4)5/h6-11H,12H2,1-5H3. The van der Waals surface area contributed by atoms with E-state index < -0.39 is 0 Å². The molecule has 1 aliphatic carbocycles. The van der Waals surface area contributed by atoms with Crippen LogP contribution in [0.25, 0.3) is 11.3 Å². The Bertz CT molecular complexity index is 648. The second-order valence-electron chi connectivity index (χ2n) is 7.39. The fourth-order valence-corrected chi connectivity index (χ4v) is 3.93. The number of nitrogens with zero attached hydrogens (tertiary/aromatic N) is 1. The Morgan fingerprint density at radius 1 is 0.900 bits per heavy atom. The van der Waals surface area contributed by atoms with Gasteiger partial charge in [0.1, 0.15) is 0 Å². The number of benzene rings is 1. The van der Waals surface area contributed by atoms with Gasteiger partial charge in [-0.3, -0.25) is 4.98 Å². The van der Waals surface area contributed by atoms with E-state index in [2.05, 4.69) is 65.0 Å². The van der Waals surface area contributed by atoms with Crippen molar-refractivity contribution >= 4 is 0 Å². The van der Waals surface area contributed by atoms with E-state index in [9.17, 15) is 0 Å². The molecule has 0 atom stereocenters. The molecular formula is C19H23N. The molecule has 1 nitrogen and oxygen atoms in total. The zero-order valence-corrected chi connectivity index (χ0v) is 13.1. The van der Waals surface area contributed by atoms with E-state index in [0.29, 0.717) is 0 Å². The molecule has 1 aromatic carbocycles. The lowest BCUT2D eigenvalue weighted by molar-refractivity contribution is 0.403. The third kappa shape index (κ3) is 1.96. The quantitative estimate of drug-likeness (QED) is 0.706. The van der Waals surface area contributed by atoms with Crippen LogP contribution >= 0.6 is 0 Å². The molecule has 1 aromatic heterocycles. The Labute approximate surface area is 122 Å². The lowest BCUT2D eigenvalue weighted by atomic mass is 9.81. The molecule has 20 heavy (non-hydrogen) atoms. The smallest absolute Gasteiger partial charge is 0.0742 e. The fraction of sp³-hybridized carbons (Fsp3) is 0.421. The first-order valence-electron chi connectivity index (χ1n) is 7.38. The zero-order chi connectivity index (χ0) is 14.5. The molecule has 0 fully saturated rings. The van der Waals surface area contributed by atoms with E-state index in [1.165, 1.54) is 28.7 Å². The van der Waals surface area contributed by atoms with E-state index in [1.54, 1.807) is 0 Å². The molecule has 0 aliphatic heterocycles. The first-order chi connectivity index (χ1) is 9.31. The van der Waals surface area contributed by atoms with Gasteiger partial charge in [0.2, 0.25) is 0 Å². The highest BCUT2D eigenvalue weighted by atomic mass is 14.7. The molecule has 0 saturated heterocycles. The van der Waals surface area contributed by atoms with Crippen molar-refractivity contribution in [1.82, 2.24) is 4.98 Å². The van der Waals surface area contributed by atoms with Crippen LogP contribution in [-0.4, -0.2) is 4.98 Å². The summed E-state index contributed by atoms with van der Waals surface area (Å²) in [5.41, 5.74) is 7.02. The van der Waals surface area contributed by atoms with E-state index in [-0.39, 0.29) is 10.8 Å². The van der Waals surface area contributed by atoms with Crippen LogP contribution in [0, 0.1) is 6.92 Å². The minimum Gasteiger partial charge on any atom is -0.256 e. The summed E-state index contributed by atoms with van der Waals surface area (Å²) in [6, 6.07) is 10.9. The van der Waals surface area contributed by atoms with Crippen LogP contribution in [0.15, 0.2) is 36.5 Å². The van der Waals surface area contributed by atoms with Crippen LogP contribution in [0.5, 0.6) is 0 Å². The molecule has 3 rings (SSSR count). The van der Waals surface area contributed by atoms with Crippen molar-refractivity contribution in [2.24, 2.45) is 0 Å². The number of fused-ring (bicyclic) bond motifs is 1. The van der Waals surface area contributed by atoms with Gasteiger partial charge < -0.3 is 0 Å². The Hall–Kier alpha value is -1.63. The molecule has 0 unspecified atom stereocenters. The van der Waals surface area contributed by atoms with Crippen LogP contribution in [-0.2, 0) is 10.8 Å². The molecule has 0 N–H and O–H groups in total. The second kappa shape index (κ2) is 4.18. The first kappa shape index (κ1) is 13.4. The van der Waals surface area contributed by atoms with Gasteiger partial charge in [-0.25, -0.2) is 0 Å². The largest absolute Gasteiger partial charge is 0.256 e. The van der Waals surface area contributed by atoms with Gasteiger partial charge >= 0.3 is 0 Å². The Kier molecular flexibility index (Phi) is 2.79. The van der Waals surface area contributed by atoms with Gasteiger partial charge in [-0.15, -0.1) is 0 Å². The summed E-state index contributed by atoms with van der Waals surface area (Å²) in [6.45, 7) is 11.5. The normalized spacial score (nSPS) is 18.9.